The molecule has 4 aromatic rings. The van der Waals surface area contributed by atoms with E-state index in [9.17, 15) is 14.4 Å². The zero-order valence-corrected chi connectivity index (χ0v) is 35.4. The normalized spacial score (nSPS) is 31.8. The first-order valence-electron chi connectivity index (χ1n) is 22.2. The summed E-state index contributed by atoms with van der Waals surface area (Å²) in [6, 6.07) is 15.4. The van der Waals surface area contributed by atoms with Crippen LogP contribution in [0.4, 0.5) is 10.5 Å². The minimum Gasteiger partial charge on any atom is -0.458 e. The van der Waals surface area contributed by atoms with Crippen LogP contribution in [-0.4, -0.2) is 58.3 Å². The highest BCUT2D eigenvalue weighted by atomic mass is 17.3. The minimum atomic E-state index is -1.50. The van der Waals surface area contributed by atoms with E-state index < -0.39 is 29.2 Å². The first-order valence-corrected chi connectivity index (χ1v) is 22.2. The van der Waals surface area contributed by atoms with Gasteiger partial charge in [0, 0.05) is 53.4 Å². The van der Waals surface area contributed by atoms with E-state index in [1.807, 2.05) is 31.2 Å². The zero-order chi connectivity index (χ0) is 41.8. The van der Waals surface area contributed by atoms with Gasteiger partial charge in [-0.15, -0.1) is 0 Å². The van der Waals surface area contributed by atoms with Gasteiger partial charge in [-0.25, -0.2) is 14.6 Å². The van der Waals surface area contributed by atoms with E-state index >= 15 is 0 Å². The highest BCUT2D eigenvalue weighted by Crippen LogP contribution is 2.64. The smallest absolute Gasteiger partial charge is 0.411 e. The predicted molar refractivity (Wildman–Crippen MR) is 224 cm³/mol. The molecule has 3 aliphatic heterocycles. The fourth-order valence-corrected chi connectivity index (χ4v) is 12.2. The summed E-state index contributed by atoms with van der Waals surface area (Å²) in [4.78, 5) is 60.6. The number of ether oxygens (including phenoxy) is 4. The summed E-state index contributed by atoms with van der Waals surface area (Å²) in [5.74, 6) is 0.231. The summed E-state index contributed by atoms with van der Waals surface area (Å²) in [5.41, 5.74) is 6.20. The molecule has 3 atom stereocenters. The van der Waals surface area contributed by atoms with Gasteiger partial charge in [0.1, 0.15) is 12.7 Å². The van der Waals surface area contributed by atoms with Crippen LogP contribution in [0.25, 0.3) is 22.3 Å². The molecular weight excluding hydrogens is 777 g/mol. The second-order valence-corrected chi connectivity index (χ2v) is 19.2. The van der Waals surface area contributed by atoms with Crippen molar-refractivity contribution in [2.75, 3.05) is 19.4 Å². The molecule has 2 spiro atoms. The van der Waals surface area contributed by atoms with Gasteiger partial charge in [-0.1, -0.05) is 25.1 Å². The fraction of sp³-hybridized carbons (Fsp3) is 0.542. The molecule has 6 fully saturated rings. The molecule has 1 N–H and O–H groups in total. The molecule has 2 aromatic carbocycles. The highest BCUT2D eigenvalue weighted by molar-refractivity contribution is 5.89. The van der Waals surface area contributed by atoms with Crippen molar-refractivity contribution in [1.29, 1.82) is 0 Å². The van der Waals surface area contributed by atoms with Gasteiger partial charge in [0.05, 0.1) is 35.6 Å². The monoisotopic (exact) mass is 830 g/mol. The predicted octanol–water partition coefficient (Wildman–Crippen LogP) is 7.99. The molecule has 61 heavy (non-hydrogen) atoms. The molecule has 5 saturated carbocycles. The lowest BCUT2D eigenvalue weighted by atomic mass is 9.53. The lowest BCUT2D eigenvalue weighted by molar-refractivity contribution is -0.390. The Hall–Kier alpha value is -4.66. The van der Waals surface area contributed by atoms with Gasteiger partial charge in [-0.2, -0.15) is 9.78 Å². The van der Waals surface area contributed by atoms with E-state index in [2.05, 4.69) is 43.4 Å². The van der Waals surface area contributed by atoms with Crippen LogP contribution in [0.3, 0.4) is 0 Å². The van der Waals surface area contributed by atoms with E-state index in [1.54, 1.807) is 16.7 Å². The number of aryl methyl sites for hydroxylation is 1. The summed E-state index contributed by atoms with van der Waals surface area (Å²) >= 11 is 0. The van der Waals surface area contributed by atoms with Gasteiger partial charge in [-0.3, -0.25) is 10.1 Å². The van der Waals surface area contributed by atoms with E-state index in [4.69, 9.17) is 33.7 Å². The van der Waals surface area contributed by atoms with Crippen molar-refractivity contribution in [3.8, 4) is 11.4 Å². The number of aromatic nitrogens is 2. The highest BCUT2D eigenvalue weighted by Gasteiger charge is 2.67. The number of pyridine rings is 2. The van der Waals surface area contributed by atoms with Crippen molar-refractivity contribution in [1.82, 2.24) is 14.5 Å². The SMILES string of the molecule is CCC1(OCc2ccc(NC(=O)OC3CCC[C@]4(C3)OOC3(O4)C4CC5CC(C4)CC3C5)cc2)C(=O)OCc2c1cc1n(c2=O)Cc2cc3c(CN(C)C)c(C)ccc3nc2-1. The molecule has 1 saturated heterocycles. The number of nitrogens with one attached hydrogen (secondary N) is 1. The number of nitrogens with zero attached hydrogens (tertiary/aromatic N) is 3. The number of amides is 1. The standard InChI is InChI=1S/C48H54N4O9/c1-5-47(39-21-41-42-31(23-52(41)43(53)38(39)26-56-44(47)54)20-36-37(24-51(3)4)27(2)8-13-40(36)50-42)57-25-28-9-11-34(12-10-28)49-45(55)58-35-7-6-14-46(22-35)59-48(61-60-46)32-16-29-15-30(18-32)19-33(48)17-29/h8-13,20-21,29-30,32-33,35H,5-7,14-19,22-26H2,1-4H3,(H,49,55)/t29?,30?,32?,33?,35?,46-,47?,48?/m1/s1. The maximum atomic E-state index is 14.2. The molecular formula is C48H54N4O9. The van der Waals surface area contributed by atoms with Gasteiger partial charge >= 0.3 is 12.1 Å². The first-order chi connectivity index (χ1) is 29.4. The molecule has 5 aliphatic carbocycles. The Morgan fingerprint density at radius 1 is 1.00 bits per heavy atom. The minimum absolute atomic E-state index is 0.0652. The van der Waals surface area contributed by atoms with Gasteiger partial charge in [0.25, 0.3) is 5.56 Å². The molecule has 1 amide bonds. The van der Waals surface area contributed by atoms with E-state index in [0.29, 0.717) is 53.7 Å². The lowest BCUT2D eigenvalue weighted by Crippen LogP contribution is -2.59. The molecule has 0 radical (unpaired) electrons. The molecule has 8 aliphatic rings. The van der Waals surface area contributed by atoms with Crippen molar-refractivity contribution < 1.29 is 38.3 Å². The topological polar surface area (TPSA) is 140 Å². The molecule has 2 aromatic heterocycles. The number of carbonyl (C=O) groups is 2. The number of cyclic esters (lactones) is 1. The van der Waals surface area contributed by atoms with Crippen LogP contribution in [0.5, 0.6) is 0 Å². The van der Waals surface area contributed by atoms with Crippen molar-refractivity contribution in [3.05, 3.63) is 92.3 Å². The van der Waals surface area contributed by atoms with E-state index in [-0.39, 0.29) is 31.3 Å². The first kappa shape index (κ1) is 39.2. The van der Waals surface area contributed by atoms with Gasteiger partial charge < -0.3 is 28.4 Å². The summed E-state index contributed by atoms with van der Waals surface area (Å²) in [7, 11) is 4.10. The number of carbonyl (C=O) groups excluding carboxylic acids is 2. The Labute approximate surface area is 354 Å². The Morgan fingerprint density at radius 2 is 1.77 bits per heavy atom. The maximum Gasteiger partial charge on any atom is 0.411 e. The number of hydrogen-bond donors (Lipinski definition) is 1. The van der Waals surface area contributed by atoms with E-state index in [0.717, 1.165) is 84.6 Å². The lowest BCUT2D eigenvalue weighted by Gasteiger charge is -2.57. The summed E-state index contributed by atoms with van der Waals surface area (Å²) in [5, 5.41) is 3.94. The average molecular weight is 831 g/mol. The molecule has 2 unspecified atom stereocenters. The Morgan fingerprint density at radius 3 is 2.51 bits per heavy atom. The van der Waals surface area contributed by atoms with Gasteiger partial charge in [0.15, 0.2) is 5.60 Å². The second-order valence-electron chi connectivity index (χ2n) is 19.2. The van der Waals surface area contributed by atoms with Gasteiger partial charge in [-0.05, 0) is 131 Å². The molecule has 5 heterocycles. The zero-order valence-electron chi connectivity index (χ0n) is 35.4. The van der Waals surface area contributed by atoms with Crippen LogP contribution in [0.1, 0.15) is 105 Å². The number of benzene rings is 2. The quantitative estimate of drug-likeness (QED) is 0.120. The second kappa shape index (κ2) is 14.5. The summed E-state index contributed by atoms with van der Waals surface area (Å²) in [6.45, 7) is 5.08. The average Bonchev–Trinajstić information content (AvgIpc) is 3.79. The molecule has 12 rings (SSSR count). The summed E-state index contributed by atoms with van der Waals surface area (Å²) < 4.78 is 26.7. The third kappa shape index (κ3) is 6.36. The van der Waals surface area contributed by atoms with E-state index in [1.165, 1.54) is 17.5 Å². The third-order valence-electron chi connectivity index (χ3n) is 15.0. The fourth-order valence-electron chi connectivity index (χ4n) is 12.2. The molecule has 13 nitrogen and oxygen atoms in total. The van der Waals surface area contributed by atoms with Gasteiger partial charge in [0.2, 0.25) is 11.6 Å². The molecule has 320 valence electrons. The Bertz CT molecular complexity index is 2490. The van der Waals surface area contributed by atoms with Crippen molar-refractivity contribution in [3.63, 3.8) is 0 Å². The van der Waals surface area contributed by atoms with Crippen LogP contribution in [0, 0.1) is 30.6 Å². The van der Waals surface area contributed by atoms with Crippen LogP contribution in [-0.2, 0) is 65.4 Å². The Balaban J connectivity index is 0.769. The number of esters is 1. The van der Waals surface area contributed by atoms with Crippen molar-refractivity contribution >= 4 is 28.7 Å². The molecule has 4 bridgehead atoms. The number of anilines is 1. The van der Waals surface area contributed by atoms with Crippen LogP contribution < -0.4 is 10.9 Å². The van der Waals surface area contributed by atoms with Crippen LogP contribution in [0.15, 0.2) is 53.3 Å². The number of hydrogen-bond acceptors (Lipinski definition) is 11. The van der Waals surface area contributed by atoms with Crippen LogP contribution >= 0.6 is 0 Å². The summed E-state index contributed by atoms with van der Waals surface area (Å²) in [6.07, 6.45) is 7.94. The maximum absolute atomic E-state index is 14.2. The van der Waals surface area contributed by atoms with Crippen molar-refractivity contribution in [2.24, 2.45) is 23.7 Å². The van der Waals surface area contributed by atoms with Crippen molar-refractivity contribution in [2.45, 2.75) is 128 Å². The third-order valence-corrected chi connectivity index (χ3v) is 15.0. The number of rotatable bonds is 8. The largest absolute Gasteiger partial charge is 0.458 e. The molecule has 13 heteroatoms. The van der Waals surface area contributed by atoms with Crippen LogP contribution in [0.2, 0.25) is 0 Å². The number of fused-ring (bicyclic) bond motifs is 5. The Kier molecular flexibility index (Phi) is 9.29.